The highest BCUT2D eigenvalue weighted by Gasteiger charge is 2.29. The standard InChI is InChI=1S/C15H25N3O2/c1-3-8-18(13-6-7-16-10-13)12(2)15(19)17-11-14-5-4-9-20-14/h4-5,9,12-13,16H,3,6-8,10-11H2,1-2H3,(H,17,19). The molecule has 0 radical (unpaired) electrons. The summed E-state index contributed by atoms with van der Waals surface area (Å²) in [5.74, 6) is 0.858. The van der Waals surface area contributed by atoms with Gasteiger partial charge >= 0.3 is 0 Å². The van der Waals surface area contributed by atoms with Gasteiger partial charge in [0.25, 0.3) is 0 Å². The van der Waals surface area contributed by atoms with Crippen LogP contribution in [0, 0.1) is 0 Å². The summed E-state index contributed by atoms with van der Waals surface area (Å²) < 4.78 is 5.23. The minimum atomic E-state index is -0.102. The fourth-order valence-electron chi connectivity index (χ4n) is 2.76. The molecule has 1 fully saturated rings. The first-order valence-electron chi connectivity index (χ1n) is 7.49. The molecule has 2 N–H and O–H groups in total. The van der Waals surface area contributed by atoms with Crippen LogP contribution in [0.15, 0.2) is 22.8 Å². The zero-order chi connectivity index (χ0) is 14.4. The van der Waals surface area contributed by atoms with Gasteiger partial charge in [-0.2, -0.15) is 0 Å². The van der Waals surface area contributed by atoms with Crippen LogP contribution in [0.1, 0.15) is 32.4 Å². The summed E-state index contributed by atoms with van der Waals surface area (Å²) in [5.41, 5.74) is 0. The fourth-order valence-corrected chi connectivity index (χ4v) is 2.76. The molecule has 5 nitrogen and oxygen atoms in total. The van der Waals surface area contributed by atoms with E-state index in [9.17, 15) is 4.79 Å². The monoisotopic (exact) mass is 279 g/mol. The highest BCUT2D eigenvalue weighted by Crippen LogP contribution is 2.13. The molecule has 2 unspecified atom stereocenters. The highest BCUT2D eigenvalue weighted by atomic mass is 16.3. The van der Waals surface area contributed by atoms with Gasteiger partial charge in [0.15, 0.2) is 0 Å². The van der Waals surface area contributed by atoms with Gasteiger partial charge in [-0.15, -0.1) is 0 Å². The third kappa shape index (κ3) is 3.84. The summed E-state index contributed by atoms with van der Waals surface area (Å²) in [5, 5.41) is 6.32. The van der Waals surface area contributed by atoms with Crippen molar-refractivity contribution in [3.63, 3.8) is 0 Å². The van der Waals surface area contributed by atoms with Crippen molar-refractivity contribution in [3.05, 3.63) is 24.2 Å². The lowest BCUT2D eigenvalue weighted by Gasteiger charge is -2.32. The summed E-state index contributed by atoms with van der Waals surface area (Å²) >= 11 is 0. The Hall–Kier alpha value is -1.33. The lowest BCUT2D eigenvalue weighted by atomic mass is 10.1. The van der Waals surface area contributed by atoms with Gasteiger partial charge in [-0.25, -0.2) is 0 Å². The Labute approximate surface area is 120 Å². The maximum absolute atomic E-state index is 12.3. The first-order valence-corrected chi connectivity index (χ1v) is 7.49. The smallest absolute Gasteiger partial charge is 0.237 e. The van der Waals surface area contributed by atoms with Gasteiger partial charge in [-0.05, 0) is 45.0 Å². The third-order valence-electron chi connectivity index (χ3n) is 3.88. The molecule has 1 saturated heterocycles. The summed E-state index contributed by atoms with van der Waals surface area (Å²) in [7, 11) is 0. The molecule has 1 aliphatic heterocycles. The molecule has 0 spiro atoms. The average molecular weight is 279 g/mol. The number of hydrogen-bond acceptors (Lipinski definition) is 4. The number of carbonyl (C=O) groups is 1. The molecule has 1 amide bonds. The zero-order valence-corrected chi connectivity index (χ0v) is 12.4. The van der Waals surface area contributed by atoms with Gasteiger partial charge in [0.2, 0.25) is 5.91 Å². The Morgan fingerprint density at radius 2 is 2.50 bits per heavy atom. The Bertz CT molecular complexity index is 399. The van der Waals surface area contributed by atoms with Crippen molar-refractivity contribution in [2.24, 2.45) is 0 Å². The molecule has 5 heteroatoms. The van der Waals surface area contributed by atoms with Crippen molar-refractivity contribution in [1.29, 1.82) is 0 Å². The summed E-state index contributed by atoms with van der Waals surface area (Å²) in [6.45, 7) is 7.59. The van der Waals surface area contributed by atoms with Crippen molar-refractivity contribution in [2.75, 3.05) is 19.6 Å². The Morgan fingerprint density at radius 3 is 3.10 bits per heavy atom. The summed E-state index contributed by atoms with van der Waals surface area (Å²) in [4.78, 5) is 14.6. The molecule has 1 aromatic rings. The lowest BCUT2D eigenvalue weighted by Crippen LogP contribution is -2.50. The molecule has 112 valence electrons. The molecule has 0 bridgehead atoms. The number of carbonyl (C=O) groups excluding carboxylic acids is 1. The molecular weight excluding hydrogens is 254 g/mol. The number of rotatable bonds is 7. The van der Waals surface area contributed by atoms with Crippen LogP contribution in [-0.2, 0) is 11.3 Å². The Kier molecular flexibility index (Phi) is 5.61. The lowest BCUT2D eigenvalue weighted by molar-refractivity contribution is -0.127. The maximum Gasteiger partial charge on any atom is 0.237 e. The summed E-state index contributed by atoms with van der Waals surface area (Å²) in [6.07, 6.45) is 3.81. The molecule has 2 rings (SSSR count). The van der Waals surface area contributed by atoms with Crippen LogP contribution >= 0.6 is 0 Å². The SMILES string of the molecule is CCCN(C1CCNC1)C(C)C(=O)NCc1ccco1. The predicted molar refractivity (Wildman–Crippen MR) is 78.3 cm³/mol. The van der Waals surface area contributed by atoms with Crippen LogP contribution in [0.5, 0.6) is 0 Å². The van der Waals surface area contributed by atoms with Crippen molar-refractivity contribution < 1.29 is 9.21 Å². The van der Waals surface area contributed by atoms with Gasteiger partial charge in [0, 0.05) is 12.6 Å². The minimum Gasteiger partial charge on any atom is -0.467 e. The average Bonchev–Trinajstić information content (AvgIpc) is 3.13. The van der Waals surface area contributed by atoms with Crippen molar-refractivity contribution in [1.82, 2.24) is 15.5 Å². The topological polar surface area (TPSA) is 57.5 Å². The molecule has 1 aromatic heterocycles. The third-order valence-corrected chi connectivity index (χ3v) is 3.88. The molecule has 1 aliphatic rings. The fraction of sp³-hybridized carbons (Fsp3) is 0.667. The Morgan fingerprint density at radius 1 is 1.65 bits per heavy atom. The molecule has 0 saturated carbocycles. The maximum atomic E-state index is 12.3. The van der Waals surface area contributed by atoms with Gasteiger partial charge in [-0.1, -0.05) is 6.92 Å². The second kappa shape index (κ2) is 7.45. The van der Waals surface area contributed by atoms with Crippen LogP contribution in [0.2, 0.25) is 0 Å². The van der Waals surface area contributed by atoms with E-state index >= 15 is 0 Å². The van der Waals surface area contributed by atoms with Gasteiger partial charge in [-0.3, -0.25) is 9.69 Å². The van der Waals surface area contributed by atoms with E-state index in [2.05, 4.69) is 22.5 Å². The largest absolute Gasteiger partial charge is 0.467 e. The van der Waals surface area contributed by atoms with E-state index < -0.39 is 0 Å². The zero-order valence-electron chi connectivity index (χ0n) is 12.4. The van der Waals surface area contributed by atoms with Crippen LogP contribution in [0.25, 0.3) is 0 Å². The van der Waals surface area contributed by atoms with E-state index in [0.717, 1.165) is 38.2 Å². The summed E-state index contributed by atoms with van der Waals surface area (Å²) in [6, 6.07) is 4.07. The number of nitrogens with zero attached hydrogens (tertiary/aromatic N) is 1. The molecule has 20 heavy (non-hydrogen) atoms. The molecule has 2 atom stereocenters. The predicted octanol–water partition coefficient (Wildman–Crippen LogP) is 1.36. The van der Waals surface area contributed by atoms with Crippen molar-refractivity contribution in [3.8, 4) is 0 Å². The normalized spacial score (nSPS) is 20.2. The van der Waals surface area contributed by atoms with Crippen LogP contribution < -0.4 is 10.6 Å². The van der Waals surface area contributed by atoms with Crippen LogP contribution in [0.4, 0.5) is 0 Å². The number of hydrogen-bond donors (Lipinski definition) is 2. The second-order valence-corrected chi connectivity index (χ2v) is 5.36. The van der Waals surface area contributed by atoms with E-state index in [1.807, 2.05) is 19.1 Å². The molecule has 0 aliphatic carbocycles. The van der Waals surface area contributed by atoms with E-state index in [1.165, 1.54) is 0 Å². The van der Waals surface area contributed by atoms with Gasteiger partial charge in [0.05, 0.1) is 18.8 Å². The number of furan rings is 1. The second-order valence-electron chi connectivity index (χ2n) is 5.36. The van der Waals surface area contributed by atoms with Gasteiger partial charge < -0.3 is 15.1 Å². The molecule has 0 aromatic carbocycles. The van der Waals surface area contributed by atoms with E-state index in [1.54, 1.807) is 6.26 Å². The number of nitrogens with one attached hydrogen (secondary N) is 2. The van der Waals surface area contributed by atoms with Crippen LogP contribution in [0.3, 0.4) is 0 Å². The van der Waals surface area contributed by atoms with E-state index in [4.69, 9.17) is 4.42 Å². The molecular formula is C15H25N3O2. The minimum absolute atomic E-state index is 0.0711. The highest BCUT2D eigenvalue weighted by molar-refractivity contribution is 5.81. The van der Waals surface area contributed by atoms with E-state index in [0.29, 0.717) is 12.6 Å². The Balaban J connectivity index is 1.88. The van der Waals surface area contributed by atoms with Crippen molar-refractivity contribution in [2.45, 2.75) is 45.3 Å². The molecule has 2 heterocycles. The van der Waals surface area contributed by atoms with E-state index in [-0.39, 0.29) is 11.9 Å². The van der Waals surface area contributed by atoms with Gasteiger partial charge in [0.1, 0.15) is 5.76 Å². The number of amides is 1. The van der Waals surface area contributed by atoms with Crippen LogP contribution in [-0.4, -0.2) is 42.5 Å². The first kappa shape index (κ1) is 15.1. The quantitative estimate of drug-likeness (QED) is 0.791. The first-order chi connectivity index (χ1) is 9.72. The van der Waals surface area contributed by atoms with Crippen molar-refractivity contribution >= 4 is 5.91 Å².